The Hall–Kier alpha value is -1.71. The Bertz CT molecular complexity index is 334. The third-order valence-corrected chi connectivity index (χ3v) is 1.99. The second kappa shape index (κ2) is 4.50. The van der Waals surface area contributed by atoms with Gasteiger partial charge in [0.25, 0.3) is 0 Å². The molecule has 74 valence electrons. The van der Waals surface area contributed by atoms with Gasteiger partial charge >= 0.3 is 5.97 Å². The number of carboxylic acids is 1. The minimum atomic E-state index is -1.07. The lowest BCUT2D eigenvalue weighted by Crippen LogP contribution is -2.23. The number of hydrogen-bond acceptors (Lipinski definition) is 3. The highest BCUT2D eigenvalue weighted by Gasteiger charge is 2.24. The fourth-order valence-electron chi connectivity index (χ4n) is 1.19. The van der Waals surface area contributed by atoms with Crippen LogP contribution in [0.25, 0.3) is 0 Å². The maximum absolute atomic E-state index is 11.6. The highest BCUT2D eigenvalue weighted by atomic mass is 16.4. The molecule has 0 saturated heterocycles. The Morgan fingerprint density at radius 1 is 1.43 bits per heavy atom. The Kier molecular flexibility index (Phi) is 3.34. The predicted octanol–water partition coefficient (Wildman–Crippen LogP) is 1.38. The SMILES string of the molecule is CCC(C(=O)O)C(=O)c1ccncc1. The van der Waals surface area contributed by atoms with Crippen LogP contribution >= 0.6 is 0 Å². The van der Waals surface area contributed by atoms with Gasteiger partial charge in [-0.05, 0) is 18.6 Å². The van der Waals surface area contributed by atoms with Crippen LogP contribution in [0, 0.1) is 5.92 Å². The van der Waals surface area contributed by atoms with Crippen molar-refractivity contribution in [1.82, 2.24) is 4.98 Å². The highest BCUT2D eigenvalue weighted by molar-refractivity contribution is 6.08. The zero-order chi connectivity index (χ0) is 10.6. The number of rotatable bonds is 4. The van der Waals surface area contributed by atoms with Gasteiger partial charge in [0.2, 0.25) is 0 Å². The van der Waals surface area contributed by atoms with E-state index in [2.05, 4.69) is 4.98 Å². The van der Waals surface area contributed by atoms with Gasteiger partial charge in [0, 0.05) is 18.0 Å². The molecule has 1 atom stereocenters. The molecule has 0 amide bonds. The van der Waals surface area contributed by atoms with Crippen LogP contribution in [0.15, 0.2) is 24.5 Å². The fraction of sp³-hybridized carbons (Fsp3) is 0.300. The molecule has 14 heavy (non-hydrogen) atoms. The summed E-state index contributed by atoms with van der Waals surface area (Å²) in [6.45, 7) is 1.68. The van der Waals surface area contributed by atoms with Gasteiger partial charge in [0.1, 0.15) is 5.92 Å². The number of aliphatic carboxylic acids is 1. The maximum Gasteiger partial charge on any atom is 0.314 e. The fourth-order valence-corrected chi connectivity index (χ4v) is 1.19. The Labute approximate surface area is 81.6 Å². The molecule has 4 heteroatoms. The average Bonchev–Trinajstić information content (AvgIpc) is 2.19. The third kappa shape index (κ3) is 2.16. The number of nitrogens with zero attached hydrogens (tertiary/aromatic N) is 1. The van der Waals surface area contributed by atoms with Crippen molar-refractivity contribution in [2.45, 2.75) is 13.3 Å². The van der Waals surface area contributed by atoms with Crippen molar-refractivity contribution in [2.24, 2.45) is 5.92 Å². The zero-order valence-corrected chi connectivity index (χ0v) is 7.80. The summed E-state index contributed by atoms with van der Waals surface area (Å²) in [6, 6.07) is 3.04. The van der Waals surface area contributed by atoms with Crippen LogP contribution in [0.5, 0.6) is 0 Å². The molecule has 0 aliphatic carbocycles. The summed E-state index contributed by atoms with van der Waals surface area (Å²) in [5.41, 5.74) is 0.397. The summed E-state index contributed by atoms with van der Waals surface area (Å²) >= 11 is 0. The van der Waals surface area contributed by atoms with Gasteiger partial charge in [-0.25, -0.2) is 0 Å². The van der Waals surface area contributed by atoms with Crippen molar-refractivity contribution in [1.29, 1.82) is 0 Å². The average molecular weight is 193 g/mol. The molecule has 0 fully saturated rings. The molecule has 1 unspecified atom stereocenters. The molecule has 0 radical (unpaired) electrons. The van der Waals surface area contributed by atoms with Crippen LogP contribution in [0.1, 0.15) is 23.7 Å². The monoisotopic (exact) mass is 193 g/mol. The molecule has 1 rings (SSSR count). The number of carbonyl (C=O) groups excluding carboxylic acids is 1. The zero-order valence-electron chi connectivity index (χ0n) is 7.80. The lowest BCUT2D eigenvalue weighted by atomic mass is 9.96. The summed E-state index contributed by atoms with van der Waals surface area (Å²) in [4.78, 5) is 26.1. The van der Waals surface area contributed by atoms with Crippen LogP contribution in [-0.4, -0.2) is 21.8 Å². The van der Waals surface area contributed by atoms with Gasteiger partial charge in [-0.3, -0.25) is 14.6 Å². The van der Waals surface area contributed by atoms with Crippen LogP contribution in [0.3, 0.4) is 0 Å². The van der Waals surface area contributed by atoms with Crippen molar-refractivity contribution in [2.75, 3.05) is 0 Å². The highest BCUT2D eigenvalue weighted by Crippen LogP contribution is 2.11. The van der Waals surface area contributed by atoms with E-state index in [0.717, 1.165) is 0 Å². The van der Waals surface area contributed by atoms with Gasteiger partial charge in [-0.15, -0.1) is 0 Å². The number of aromatic nitrogens is 1. The number of hydrogen-bond donors (Lipinski definition) is 1. The second-order valence-electron chi connectivity index (χ2n) is 2.90. The molecule has 0 saturated carbocycles. The van der Waals surface area contributed by atoms with Crippen LogP contribution in [0.4, 0.5) is 0 Å². The molecule has 1 aromatic heterocycles. The predicted molar refractivity (Wildman–Crippen MR) is 50.0 cm³/mol. The van der Waals surface area contributed by atoms with Gasteiger partial charge in [-0.1, -0.05) is 6.92 Å². The van der Waals surface area contributed by atoms with Crippen molar-refractivity contribution >= 4 is 11.8 Å². The lowest BCUT2D eigenvalue weighted by Gasteiger charge is -2.07. The first-order valence-electron chi connectivity index (χ1n) is 4.33. The molecule has 4 nitrogen and oxygen atoms in total. The largest absolute Gasteiger partial charge is 0.481 e. The van der Waals surface area contributed by atoms with E-state index in [1.54, 1.807) is 6.92 Å². The molecule has 0 aromatic carbocycles. The standard InChI is InChI=1S/C10H11NO3/c1-2-8(10(13)14)9(12)7-3-5-11-6-4-7/h3-6,8H,2H2,1H3,(H,13,14). The summed E-state index contributed by atoms with van der Waals surface area (Å²) in [5.74, 6) is -2.38. The van der Waals surface area contributed by atoms with Crippen LogP contribution < -0.4 is 0 Å². The maximum atomic E-state index is 11.6. The number of ketones is 1. The van der Waals surface area contributed by atoms with Gasteiger partial charge < -0.3 is 5.11 Å². The second-order valence-corrected chi connectivity index (χ2v) is 2.90. The smallest absolute Gasteiger partial charge is 0.314 e. The van der Waals surface area contributed by atoms with Crippen molar-refractivity contribution in [3.05, 3.63) is 30.1 Å². The Morgan fingerprint density at radius 2 is 2.00 bits per heavy atom. The van der Waals surface area contributed by atoms with E-state index < -0.39 is 11.9 Å². The number of pyridine rings is 1. The first-order valence-corrected chi connectivity index (χ1v) is 4.33. The van der Waals surface area contributed by atoms with E-state index in [-0.39, 0.29) is 5.78 Å². The third-order valence-electron chi connectivity index (χ3n) is 1.99. The molecular formula is C10H11NO3. The summed E-state index contributed by atoms with van der Waals surface area (Å²) in [5, 5.41) is 8.77. The van der Waals surface area contributed by atoms with E-state index in [4.69, 9.17) is 5.11 Å². The quantitative estimate of drug-likeness (QED) is 0.579. The van der Waals surface area contributed by atoms with Crippen molar-refractivity contribution in [3.63, 3.8) is 0 Å². The number of Topliss-reactive ketones (excluding diaryl/α,β-unsaturated/α-hetero) is 1. The summed E-state index contributed by atoms with van der Waals surface area (Å²) in [7, 11) is 0. The topological polar surface area (TPSA) is 67.3 Å². The van der Waals surface area contributed by atoms with Crippen LogP contribution in [0.2, 0.25) is 0 Å². The Morgan fingerprint density at radius 3 is 2.43 bits per heavy atom. The minimum absolute atomic E-state index is 0.302. The summed E-state index contributed by atoms with van der Waals surface area (Å²) in [6.07, 6.45) is 3.25. The molecule has 1 N–H and O–H groups in total. The van der Waals surface area contributed by atoms with Crippen molar-refractivity contribution < 1.29 is 14.7 Å². The first-order chi connectivity index (χ1) is 6.66. The Balaban J connectivity index is 2.89. The van der Waals surface area contributed by atoms with Crippen LogP contribution in [-0.2, 0) is 4.79 Å². The van der Waals surface area contributed by atoms with E-state index in [0.29, 0.717) is 12.0 Å². The normalized spacial score (nSPS) is 12.1. The van der Waals surface area contributed by atoms with E-state index in [1.807, 2.05) is 0 Å². The van der Waals surface area contributed by atoms with Gasteiger partial charge in [0.15, 0.2) is 5.78 Å². The minimum Gasteiger partial charge on any atom is -0.481 e. The number of carbonyl (C=O) groups is 2. The summed E-state index contributed by atoms with van der Waals surface area (Å²) < 4.78 is 0. The first kappa shape index (κ1) is 10.4. The molecule has 0 spiro atoms. The molecule has 0 aliphatic rings. The van der Waals surface area contributed by atoms with E-state index >= 15 is 0 Å². The molecular weight excluding hydrogens is 182 g/mol. The number of carboxylic acid groups (broad SMARTS) is 1. The molecule has 1 aromatic rings. The van der Waals surface area contributed by atoms with Gasteiger partial charge in [0.05, 0.1) is 0 Å². The van der Waals surface area contributed by atoms with Crippen molar-refractivity contribution in [3.8, 4) is 0 Å². The van der Waals surface area contributed by atoms with Gasteiger partial charge in [-0.2, -0.15) is 0 Å². The molecule has 1 heterocycles. The van der Waals surface area contributed by atoms with E-state index in [1.165, 1.54) is 24.5 Å². The molecule has 0 aliphatic heterocycles. The lowest BCUT2D eigenvalue weighted by molar-refractivity contribution is -0.140. The van der Waals surface area contributed by atoms with E-state index in [9.17, 15) is 9.59 Å². The molecule has 0 bridgehead atoms.